The van der Waals surface area contributed by atoms with Crippen LogP contribution in [0.25, 0.3) is 0 Å². The number of carboxylic acid groups (broad SMARTS) is 1. The van der Waals surface area contributed by atoms with Gasteiger partial charge < -0.3 is 10.0 Å². The molecule has 24 heavy (non-hydrogen) atoms. The van der Waals surface area contributed by atoms with Gasteiger partial charge in [-0.25, -0.2) is 4.39 Å². The lowest BCUT2D eigenvalue weighted by atomic mass is 9.87. The molecule has 1 aliphatic heterocycles. The predicted octanol–water partition coefficient (Wildman–Crippen LogP) is 3.16. The summed E-state index contributed by atoms with van der Waals surface area (Å²) in [6.45, 7) is 0.381. The molecule has 1 N–H and O–H groups in total. The van der Waals surface area contributed by atoms with Crippen molar-refractivity contribution in [2.45, 2.75) is 25.3 Å². The fourth-order valence-corrected chi connectivity index (χ4v) is 3.25. The summed E-state index contributed by atoms with van der Waals surface area (Å²) in [6.07, 6.45) is 0.181. The zero-order chi connectivity index (χ0) is 17.1. The summed E-state index contributed by atoms with van der Waals surface area (Å²) in [5.41, 5.74) is 2.30. The molecule has 1 aliphatic rings. The summed E-state index contributed by atoms with van der Waals surface area (Å²) in [6, 6.07) is 14.0. The summed E-state index contributed by atoms with van der Waals surface area (Å²) in [7, 11) is 0. The number of fused-ring (bicyclic) bond motifs is 1. The lowest BCUT2D eigenvalue weighted by Gasteiger charge is -2.38. The fraction of sp³-hybridized carbons (Fsp3) is 0.263. The third-order valence-electron chi connectivity index (χ3n) is 4.35. The van der Waals surface area contributed by atoms with E-state index in [1.54, 1.807) is 11.0 Å². The number of amides is 1. The van der Waals surface area contributed by atoms with Crippen LogP contribution in [0.4, 0.5) is 4.39 Å². The Morgan fingerprint density at radius 1 is 1.08 bits per heavy atom. The Bertz CT molecular complexity index is 760. The highest BCUT2D eigenvalue weighted by Gasteiger charge is 2.33. The summed E-state index contributed by atoms with van der Waals surface area (Å²) >= 11 is 0. The van der Waals surface area contributed by atoms with Crippen LogP contribution < -0.4 is 0 Å². The van der Waals surface area contributed by atoms with Crippen molar-refractivity contribution in [1.82, 2.24) is 4.90 Å². The van der Waals surface area contributed by atoms with Crippen LogP contribution in [0.5, 0.6) is 0 Å². The van der Waals surface area contributed by atoms with Crippen LogP contribution in [0.2, 0.25) is 0 Å². The van der Waals surface area contributed by atoms with E-state index in [1.165, 1.54) is 6.07 Å². The minimum absolute atomic E-state index is 0.0523. The Balaban J connectivity index is 2.00. The van der Waals surface area contributed by atoms with Gasteiger partial charge in [0, 0.05) is 13.0 Å². The minimum Gasteiger partial charge on any atom is -0.481 e. The maximum atomic E-state index is 14.2. The van der Waals surface area contributed by atoms with Gasteiger partial charge in [-0.3, -0.25) is 9.59 Å². The number of benzene rings is 2. The molecule has 0 radical (unpaired) electrons. The second-order valence-corrected chi connectivity index (χ2v) is 5.85. The lowest BCUT2D eigenvalue weighted by Crippen LogP contribution is -2.41. The van der Waals surface area contributed by atoms with Crippen molar-refractivity contribution in [1.29, 1.82) is 0 Å². The van der Waals surface area contributed by atoms with Crippen molar-refractivity contribution >= 4 is 11.9 Å². The highest BCUT2D eigenvalue weighted by Crippen LogP contribution is 2.36. The van der Waals surface area contributed by atoms with E-state index in [2.05, 4.69) is 0 Å². The first-order valence-electron chi connectivity index (χ1n) is 7.91. The van der Waals surface area contributed by atoms with E-state index in [9.17, 15) is 14.0 Å². The molecule has 2 aromatic carbocycles. The van der Waals surface area contributed by atoms with Crippen LogP contribution in [0.15, 0.2) is 48.5 Å². The number of carbonyl (C=O) groups excluding carboxylic acids is 1. The Morgan fingerprint density at radius 3 is 2.54 bits per heavy atom. The van der Waals surface area contributed by atoms with Gasteiger partial charge in [0.2, 0.25) is 5.91 Å². The smallest absolute Gasteiger partial charge is 0.303 e. The van der Waals surface area contributed by atoms with E-state index in [0.717, 1.165) is 11.1 Å². The van der Waals surface area contributed by atoms with Crippen molar-refractivity contribution in [2.75, 3.05) is 6.54 Å². The van der Waals surface area contributed by atoms with Gasteiger partial charge in [0.05, 0.1) is 12.5 Å². The molecule has 124 valence electrons. The van der Waals surface area contributed by atoms with Gasteiger partial charge in [0.1, 0.15) is 5.82 Å². The second-order valence-electron chi connectivity index (χ2n) is 5.85. The Hall–Kier alpha value is -2.69. The quantitative estimate of drug-likeness (QED) is 0.938. The fourth-order valence-electron chi connectivity index (χ4n) is 3.25. The SMILES string of the molecule is O=C(O)CCC(=O)N1CCc2c(F)cccc2C1c1ccccc1. The van der Waals surface area contributed by atoms with E-state index in [0.29, 0.717) is 18.5 Å². The third kappa shape index (κ3) is 3.15. The topological polar surface area (TPSA) is 57.6 Å². The minimum atomic E-state index is -0.997. The van der Waals surface area contributed by atoms with Gasteiger partial charge in [-0.05, 0) is 29.2 Å². The first-order valence-corrected chi connectivity index (χ1v) is 7.91. The zero-order valence-electron chi connectivity index (χ0n) is 13.1. The number of hydrogen-bond acceptors (Lipinski definition) is 2. The van der Waals surface area contributed by atoms with Gasteiger partial charge in [0.25, 0.3) is 0 Å². The van der Waals surface area contributed by atoms with Crippen LogP contribution in [0.1, 0.15) is 35.6 Å². The van der Waals surface area contributed by atoms with Gasteiger partial charge in [-0.2, -0.15) is 0 Å². The molecule has 1 unspecified atom stereocenters. The molecule has 1 amide bonds. The molecule has 0 saturated carbocycles. The van der Waals surface area contributed by atoms with Crippen molar-refractivity contribution in [3.63, 3.8) is 0 Å². The number of hydrogen-bond donors (Lipinski definition) is 1. The van der Waals surface area contributed by atoms with Gasteiger partial charge in [-0.1, -0.05) is 42.5 Å². The number of halogens is 1. The normalized spacial score (nSPS) is 16.5. The van der Waals surface area contributed by atoms with E-state index in [-0.39, 0.29) is 30.6 Å². The number of nitrogens with zero attached hydrogens (tertiary/aromatic N) is 1. The standard InChI is InChI=1S/C19H18FNO3/c20-16-8-4-7-15-14(16)11-12-21(17(22)9-10-18(23)24)19(15)13-5-2-1-3-6-13/h1-8,19H,9-12H2,(H,23,24). The Morgan fingerprint density at radius 2 is 1.83 bits per heavy atom. The summed E-state index contributed by atoms with van der Waals surface area (Å²) < 4.78 is 14.2. The molecule has 1 atom stereocenters. The van der Waals surface area contributed by atoms with Crippen LogP contribution in [-0.4, -0.2) is 28.4 Å². The zero-order valence-corrected chi connectivity index (χ0v) is 13.1. The second kappa shape index (κ2) is 6.83. The summed E-state index contributed by atoms with van der Waals surface area (Å²) in [5, 5.41) is 8.82. The van der Waals surface area contributed by atoms with E-state index in [1.807, 2.05) is 36.4 Å². The summed E-state index contributed by atoms with van der Waals surface area (Å²) in [5.74, 6) is -1.48. The molecule has 0 aromatic heterocycles. The number of aliphatic carboxylic acids is 1. The van der Waals surface area contributed by atoms with Gasteiger partial charge in [-0.15, -0.1) is 0 Å². The molecule has 0 fully saturated rings. The molecule has 0 saturated heterocycles. The number of carboxylic acids is 1. The largest absolute Gasteiger partial charge is 0.481 e. The summed E-state index contributed by atoms with van der Waals surface area (Å²) in [4.78, 5) is 25.0. The average Bonchev–Trinajstić information content (AvgIpc) is 2.59. The Labute approximate surface area is 139 Å². The molecular formula is C19H18FNO3. The molecule has 4 nitrogen and oxygen atoms in total. The van der Waals surface area contributed by atoms with Crippen molar-refractivity contribution in [3.8, 4) is 0 Å². The highest BCUT2D eigenvalue weighted by atomic mass is 19.1. The molecule has 0 bridgehead atoms. The van der Waals surface area contributed by atoms with E-state index in [4.69, 9.17) is 5.11 Å². The molecule has 3 rings (SSSR count). The number of rotatable bonds is 4. The van der Waals surface area contributed by atoms with Crippen molar-refractivity contribution in [2.24, 2.45) is 0 Å². The van der Waals surface area contributed by atoms with Crippen LogP contribution >= 0.6 is 0 Å². The van der Waals surface area contributed by atoms with Crippen molar-refractivity contribution < 1.29 is 19.1 Å². The highest BCUT2D eigenvalue weighted by molar-refractivity contribution is 5.81. The molecule has 5 heteroatoms. The molecule has 0 aliphatic carbocycles. The van der Waals surface area contributed by atoms with Crippen LogP contribution in [0.3, 0.4) is 0 Å². The molecule has 1 heterocycles. The van der Waals surface area contributed by atoms with Gasteiger partial charge >= 0.3 is 5.97 Å². The van der Waals surface area contributed by atoms with Gasteiger partial charge in [0.15, 0.2) is 0 Å². The average molecular weight is 327 g/mol. The monoisotopic (exact) mass is 327 g/mol. The number of carbonyl (C=O) groups is 2. The maximum Gasteiger partial charge on any atom is 0.303 e. The van der Waals surface area contributed by atoms with Crippen molar-refractivity contribution in [3.05, 3.63) is 71.0 Å². The van der Waals surface area contributed by atoms with Crippen LogP contribution in [0, 0.1) is 5.82 Å². The third-order valence-corrected chi connectivity index (χ3v) is 4.35. The van der Waals surface area contributed by atoms with E-state index >= 15 is 0 Å². The predicted molar refractivity (Wildman–Crippen MR) is 87.0 cm³/mol. The first kappa shape index (κ1) is 16.2. The molecule has 2 aromatic rings. The first-order chi connectivity index (χ1) is 11.6. The van der Waals surface area contributed by atoms with Crippen LogP contribution in [-0.2, 0) is 16.0 Å². The Kier molecular flexibility index (Phi) is 4.60. The molecule has 0 spiro atoms. The van der Waals surface area contributed by atoms with E-state index < -0.39 is 5.97 Å². The maximum absolute atomic E-state index is 14.2. The lowest BCUT2D eigenvalue weighted by molar-refractivity contribution is -0.141. The molecular weight excluding hydrogens is 309 g/mol.